The van der Waals surface area contributed by atoms with Gasteiger partial charge in [0, 0.05) is 6.54 Å². The van der Waals surface area contributed by atoms with E-state index in [0.717, 1.165) is 0 Å². The van der Waals surface area contributed by atoms with Crippen LogP contribution in [0.15, 0.2) is 18.5 Å². The van der Waals surface area contributed by atoms with Crippen LogP contribution in [0.1, 0.15) is 10.4 Å². The van der Waals surface area contributed by atoms with Gasteiger partial charge in [-0.15, -0.1) is 0 Å². The standard InChI is InChI=1S/C7H8FN3O/c8-2-4-9-7(12)6-1-3-10-11-5-6/h1,3,5H,2,4H2,(H,9,12). The largest absolute Gasteiger partial charge is 0.349 e. The molecule has 0 bridgehead atoms. The third kappa shape index (κ3) is 2.26. The van der Waals surface area contributed by atoms with Crippen molar-refractivity contribution in [1.82, 2.24) is 15.5 Å². The minimum Gasteiger partial charge on any atom is -0.349 e. The molecule has 0 spiro atoms. The summed E-state index contributed by atoms with van der Waals surface area (Å²) in [6, 6.07) is 1.51. The second-order valence-corrected chi connectivity index (χ2v) is 2.08. The SMILES string of the molecule is O=C(NCCF)c1ccnnc1. The second kappa shape index (κ2) is 4.38. The molecular weight excluding hydrogens is 161 g/mol. The van der Waals surface area contributed by atoms with Crippen LogP contribution < -0.4 is 5.32 Å². The number of hydrogen-bond acceptors (Lipinski definition) is 3. The highest BCUT2D eigenvalue weighted by Gasteiger charge is 2.02. The zero-order valence-corrected chi connectivity index (χ0v) is 6.33. The van der Waals surface area contributed by atoms with Crippen LogP contribution in [0, 0.1) is 0 Å². The van der Waals surface area contributed by atoms with Gasteiger partial charge >= 0.3 is 0 Å². The number of carbonyl (C=O) groups is 1. The molecule has 1 amide bonds. The van der Waals surface area contributed by atoms with E-state index in [1.807, 2.05) is 0 Å². The van der Waals surface area contributed by atoms with Gasteiger partial charge in [0.2, 0.25) is 0 Å². The maximum atomic E-state index is 11.6. The van der Waals surface area contributed by atoms with Crippen molar-refractivity contribution in [2.24, 2.45) is 0 Å². The Labute approximate surface area is 68.8 Å². The number of nitrogens with zero attached hydrogens (tertiary/aromatic N) is 2. The van der Waals surface area contributed by atoms with Gasteiger partial charge in [-0.25, -0.2) is 4.39 Å². The quantitative estimate of drug-likeness (QED) is 0.702. The first-order valence-corrected chi connectivity index (χ1v) is 3.45. The molecule has 1 heterocycles. The molecule has 1 rings (SSSR count). The molecule has 64 valence electrons. The van der Waals surface area contributed by atoms with Crippen LogP contribution >= 0.6 is 0 Å². The van der Waals surface area contributed by atoms with Gasteiger partial charge in [-0.05, 0) is 6.07 Å². The Morgan fingerprint density at radius 3 is 3.00 bits per heavy atom. The van der Waals surface area contributed by atoms with E-state index in [1.54, 1.807) is 0 Å². The number of halogens is 1. The van der Waals surface area contributed by atoms with Gasteiger partial charge in [0.05, 0.1) is 18.0 Å². The molecule has 1 aromatic rings. The van der Waals surface area contributed by atoms with Crippen molar-refractivity contribution >= 4 is 5.91 Å². The van der Waals surface area contributed by atoms with E-state index < -0.39 is 6.67 Å². The molecule has 0 atom stereocenters. The first kappa shape index (κ1) is 8.58. The van der Waals surface area contributed by atoms with E-state index in [2.05, 4.69) is 15.5 Å². The molecule has 0 aliphatic carbocycles. The van der Waals surface area contributed by atoms with Gasteiger partial charge in [0.1, 0.15) is 6.67 Å². The fourth-order valence-corrected chi connectivity index (χ4v) is 0.688. The molecular formula is C7H8FN3O. The average molecular weight is 169 g/mol. The summed E-state index contributed by atoms with van der Waals surface area (Å²) in [7, 11) is 0. The summed E-state index contributed by atoms with van der Waals surface area (Å²) in [4.78, 5) is 11.1. The molecule has 0 saturated heterocycles. The topological polar surface area (TPSA) is 54.9 Å². The van der Waals surface area contributed by atoms with E-state index in [0.29, 0.717) is 5.56 Å². The van der Waals surface area contributed by atoms with E-state index in [-0.39, 0.29) is 12.5 Å². The lowest BCUT2D eigenvalue weighted by molar-refractivity contribution is 0.0950. The van der Waals surface area contributed by atoms with Crippen LogP contribution in [-0.2, 0) is 0 Å². The molecule has 0 unspecified atom stereocenters. The molecule has 4 nitrogen and oxygen atoms in total. The van der Waals surface area contributed by atoms with E-state index >= 15 is 0 Å². The minimum atomic E-state index is -0.565. The normalized spacial score (nSPS) is 9.42. The van der Waals surface area contributed by atoms with Crippen LogP contribution in [-0.4, -0.2) is 29.3 Å². The Balaban J connectivity index is 2.54. The Bertz CT molecular complexity index is 252. The Hall–Kier alpha value is -1.52. The van der Waals surface area contributed by atoms with Crippen LogP contribution in [0.2, 0.25) is 0 Å². The maximum absolute atomic E-state index is 11.6. The van der Waals surface area contributed by atoms with Gasteiger partial charge in [-0.2, -0.15) is 10.2 Å². The van der Waals surface area contributed by atoms with Gasteiger partial charge < -0.3 is 5.32 Å². The van der Waals surface area contributed by atoms with Crippen molar-refractivity contribution in [3.05, 3.63) is 24.0 Å². The summed E-state index contributed by atoms with van der Waals surface area (Å²) in [5, 5.41) is 9.38. The van der Waals surface area contributed by atoms with Crippen molar-refractivity contribution in [3.63, 3.8) is 0 Å². The van der Waals surface area contributed by atoms with Crippen molar-refractivity contribution in [3.8, 4) is 0 Å². The summed E-state index contributed by atoms with van der Waals surface area (Å²) in [5.41, 5.74) is 0.387. The molecule has 0 saturated carbocycles. The molecule has 12 heavy (non-hydrogen) atoms. The molecule has 1 N–H and O–H groups in total. The van der Waals surface area contributed by atoms with Gasteiger partial charge in [-0.3, -0.25) is 4.79 Å². The number of amides is 1. The van der Waals surface area contributed by atoms with Crippen molar-refractivity contribution in [1.29, 1.82) is 0 Å². The molecule has 5 heteroatoms. The smallest absolute Gasteiger partial charge is 0.253 e. The first-order chi connectivity index (χ1) is 5.84. The zero-order valence-electron chi connectivity index (χ0n) is 6.33. The van der Waals surface area contributed by atoms with Crippen molar-refractivity contribution < 1.29 is 9.18 Å². The monoisotopic (exact) mass is 169 g/mol. The lowest BCUT2D eigenvalue weighted by Crippen LogP contribution is -2.25. The fraction of sp³-hybridized carbons (Fsp3) is 0.286. The molecule has 0 radical (unpaired) electrons. The molecule has 0 fully saturated rings. The summed E-state index contributed by atoms with van der Waals surface area (Å²) in [6.07, 6.45) is 2.73. The number of nitrogens with one attached hydrogen (secondary N) is 1. The van der Waals surface area contributed by atoms with Gasteiger partial charge in [0.25, 0.3) is 5.91 Å². The van der Waals surface area contributed by atoms with Gasteiger partial charge in [-0.1, -0.05) is 0 Å². The third-order valence-corrected chi connectivity index (χ3v) is 1.23. The molecule has 0 aromatic carbocycles. The lowest BCUT2D eigenvalue weighted by atomic mass is 10.3. The average Bonchev–Trinajstić information content (AvgIpc) is 2.15. The van der Waals surface area contributed by atoms with E-state index in [9.17, 15) is 9.18 Å². The predicted octanol–water partition coefficient (Wildman–Crippen LogP) is 0.176. The zero-order chi connectivity index (χ0) is 8.81. The number of aromatic nitrogens is 2. The number of alkyl halides is 1. The van der Waals surface area contributed by atoms with E-state index in [4.69, 9.17) is 0 Å². The Morgan fingerprint density at radius 2 is 2.42 bits per heavy atom. The number of hydrogen-bond donors (Lipinski definition) is 1. The van der Waals surface area contributed by atoms with Crippen LogP contribution in [0.4, 0.5) is 4.39 Å². The molecule has 1 aromatic heterocycles. The third-order valence-electron chi connectivity index (χ3n) is 1.23. The highest BCUT2D eigenvalue weighted by Crippen LogP contribution is 1.92. The Morgan fingerprint density at radius 1 is 1.58 bits per heavy atom. The highest BCUT2D eigenvalue weighted by molar-refractivity contribution is 5.93. The summed E-state index contributed by atoms with van der Waals surface area (Å²) in [6.45, 7) is -0.536. The summed E-state index contributed by atoms with van der Waals surface area (Å²) >= 11 is 0. The molecule has 0 aliphatic heterocycles. The van der Waals surface area contributed by atoms with Crippen LogP contribution in [0.5, 0.6) is 0 Å². The highest BCUT2D eigenvalue weighted by atomic mass is 19.1. The first-order valence-electron chi connectivity index (χ1n) is 3.45. The van der Waals surface area contributed by atoms with Gasteiger partial charge in [0.15, 0.2) is 0 Å². The number of rotatable bonds is 3. The van der Waals surface area contributed by atoms with E-state index in [1.165, 1.54) is 18.5 Å². The van der Waals surface area contributed by atoms with Crippen LogP contribution in [0.25, 0.3) is 0 Å². The number of carbonyl (C=O) groups excluding carboxylic acids is 1. The van der Waals surface area contributed by atoms with Crippen molar-refractivity contribution in [2.75, 3.05) is 13.2 Å². The van der Waals surface area contributed by atoms with Crippen LogP contribution in [0.3, 0.4) is 0 Å². The Kier molecular flexibility index (Phi) is 3.13. The maximum Gasteiger partial charge on any atom is 0.253 e. The second-order valence-electron chi connectivity index (χ2n) is 2.08. The lowest BCUT2D eigenvalue weighted by Gasteiger charge is -1.99. The van der Waals surface area contributed by atoms with Crippen molar-refractivity contribution in [2.45, 2.75) is 0 Å². The minimum absolute atomic E-state index is 0.0289. The molecule has 0 aliphatic rings. The summed E-state index contributed by atoms with van der Waals surface area (Å²) in [5.74, 6) is -0.331. The predicted molar refractivity (Wildman–Crippen MR) is 40.3 cm³/mol. The fourth-order valence-electron chi connectivity index (χ4n) is 0.688. The summed E-state index contributed by atoms with van der Waals surface area (Å²) < 4.78 is 11.6.